The summed E-state index contributed by atoms with van der Waals surface area (Å²) in [5, 5.41) is 0.640. The van der Waals surface area contributed by atoms with Crippen molar-refractivity contribution in [2.45, 2.75) is 6.92 Å². The molecule has 0 saturated carbocycles. The zero-order valence-corrected chi connectivity index (χ0v) is 9.28. The highest BCUT2D eigenvalue weighted by Gasteiger charge is 2.02. The van der Waals surface area contributed by atoms with Crippen molar-refractivity contribution in [2.24, 2.45) is 0 Å². The number of hydrogen-bond donors (Lipinski definition) is 1. The van der Waals surface area contributed by atoms with Gasteiger partial charge in [0, 0.05) is 17.3 Å². The van der Waals surface area contributed by atoms with Crippen molar-refractivity contribution in [1.29, 1.82) is 0 Å². The van der Waals surface area contributed by atoms with Gasteiger partial charge in [-0.1, -0.05) is 11.6 Å². The van der Waals surface area contributed by atoms with Crippen LogP contribution in [0.15, 0.2) is 40.1 Å². The fourth-order valence-corrected chi connectivity index (χ4v) is 1.52. The number of aromatic nitrogens is 2. The van der Waals surface area contributed by atoms with E-state index >= 15 is 0 Å². The minimum Gasteiger partial charge on any atom is -0.274 e. The second-order valence-electron chi connectivity index (χ2n) is 3.41. The van der Waals surface area contributed by atoms with E-state index < -0.39 is 11.2 Å². The molecule has 0 atom stereocenters. The lowest BCUT2D eigenvalue weighted by molar-refractivity contribution is 0.895. The van der Waals surface area contributed by atoms with Gasteiger partial charge in [0.25, 0.3) is 5.56 Å². The summed E-state index contributed by atoms with van der Waals surface area (Å²) in [5.41, 5.74) is 0.668. The third-order valence-electron chi connectivity index (χ3n) is 2.24. The van der Waals surface area contributed by atoms with Crippen LogP contribution >= 0.6 is 11.6 Å². The van der Waals surface area contributed by atoms with Gasteiger partial charge >= 0.3 is 5.69 Å². The predicted molar refractivity (Wildman–Crippen MR) is 62.4 cm³/mol. The van der Waals surface area contributed by atoms with E-state index in [0.717, 1.165) is 5.56 Å². The Kier molecular flexibility index (Phi) is 2.66. The third-order valence-corrected chi connectivity index (χ3v) is 2.67. The number of H-pyrrole nitrogens is 1. The third kappa shape index (κ3) is 1.92. The van der Waals surface area contributed by atoms with Crippen molar-refractivity contribution in [1.82, 2.24) is 9.55 Å². The number of rotatable bonds is 1. The topological polar surface area (TPSA) is 54.9 Å². The molecule has 1 aromatic heterocycles. The highest BCUT2D eigenvalue weighted by molar-refractivity contribution is 6.31. The molecule has 0 spiro atoms. The first-order chi connectivity index (χ1) is 7.58. The van der Waals surface area contributed by atoms with E-state index in [1.807, 2.05) is 6.92 Å². The molecule has 0 fully saturated rings. The molecular weight excluding hydrogens is 228 g/mol. The van der Waals surface area contributed by atoms with Crippen molar-refractivity contribution in [3.8, 4) is 5.69 Å². The summed E-state index contributed by atoms with van der Waals surface area (Å²) in [6, 6.07) is 6.51. The van der Waals surface area contributed by atoms with Crippen LogP contribution in [-0.2, 0) is 0 Å². The van der Waals surface area contributed by atoms with E-state index in [2.05, 4.69) is 4.98 Å². The SMILES string of the molecule is Cc1cc(-n2ccc(=O)[nH]c2=O)ccc1Cl. The van der Waals surface area contributed by atoms with Crippen LogP contribution < -0.4 is 11.2 Å². The standard InChI is InChI=1S/C11H9ClN2O2/c1-7-6-8(2-3-9(7)12)14-5-4-10(15)13-11(14)16/h2-6H,1H3,(H,13,15,16). The van der Waals surface area contributed by atoms with Crippen LogP contribution in [-0.4, -0.2) is 9.55 Å². The maximum absolute atomic E-state index is 11.5. The Labute approximate surface area is 96.1 Å². The van der Waals surface area contributed by atoms with E-state index in [9.17, 15) is 9.59 Å². The highest BCUT2D eigenvalue weighted by Crippen LogP contribution is 2.17. The minimum atomic E-state index is -0.464. The Bertz CT molecular complexity index is 643. The first-order valence-corrected chi connectivity index (χ1v) is 5.04. The Balaban J connectivity index is 2.63. The molecule has 1 aromatic carbocycles. The Morgan fingerprint density at radius 1 is 1.25 bits per heavy atom. The zero-order chi connectivity index (χ0) is 11.7. The molecule has 2 rings (SSSR count). The van der Waals surface area contributed by atoms with Gasteiger partial charge in [-0.25, -0.2) is 4.79 Å². The first-order valence-electron chi connectivity index (χ1n) is 4.66. The Morgan fingerprint density at radius 3 is 2.62 bits per heavy atom. The van der Waals surface area contributed by atoms with Gasteiger partial charge in [0.15, 0.2) is 0 Å². The summed E-state index contributed by atoms with van der Waals surface area (Å²) < 4.78 is 1.35. The van der Waals surface area contributed by atoms with Gasteiger partial charge in [-0.15, -0.1) is 0 Å². The van der Waals surface area contributed by atoms with Crippen molar-refractivity contribution >= 4 is 11.6 Å². The number of nitrogens with zero attached hydrogens (tertiary/aromatic N) is 1. The van der Waals surface area contributed by atoms with E-state index in [1.54, 1.807) is 18.2 Å². The molecule has 0 amide bonds. The molecule has 16 heavy (non-hydrogen) atoms. The predicted octanol–water partition coefficient (Wildman–Crippen LogP) is 1.49. The van der Waals surface area contributed by atoms with Crippen LogP contribution in [0.25, 0.3) is 5.69 Å². The summed E-state index contributed by atoms with van der Waals surface area (Å²) in [6.07, 6.45) is 1.43. The average molecular weight is 237 g/mol. The lowest BCUT2D eigenvalue weighted by Gasteiger charge is -2.06. The van der Waals surface area contributed by atoms with Crippen molar-refractivity contribution < 1.29 is 0 Å². The molecular formula is C11H9ClN2O2. The van der Waals surface area contributed by atoms with Crippen molar-refractivity contribution in [3.05, 3.63) is 61.9 Å². The molecule has 0 saturated heterocycles. The smallest absolute Gasteiger partial charge is 0.274 e. The number of benzene rings is 1. The van der Waals surface area contributed by atoms with Gasteiger partial charge in [0.2, 0.25) is 0 Å². The monoisotopic (exact) mass is 236 g/mol. The molecule has 0 aliphatic carbocycles. The fourth-order valence-electron chi connectivity index (χ4n) is 1.40. The van der Waals surface area contributed by atoms with Crippen LogP contribution in [0.3, 0.4) is 0 Å². The Hall–Kier alpha value is -1.81. The molecule has 2 aromatic rings. The normalized spacial score (nSPS) is 10.4. The maximum Gasteiger partial charge on any atom is 0.332 e. The van der Waals surface area contributed by atoms with Crippen LogP contribution in [0, 0.1) is 6.92 Å². The summed E-state index contributed by atoms with van der Waals surface area (Å²) in [7, 11) is 0. The maximum atomic E-state index is 11.5. The summed E-state index contributed by atoms with van der Waals surface area (Å²) in [4.78, 5) is 24.6. The number of hydrogen-bond acceptors (Lipinski definition) is 2. The molecule has 0 radical (unpaired) electrons. The number of halogens is 1. The molecule has 0 unspecified atom stereocenters. The summed E-state index contributed by atoms with van der Waals surface area (Å²) >= 11 is 5.89. The number of nitrogens with one attached hydrogen (secondary N) is 1. The average Bonchev–Trinajstić information content (AvgIpc) is 2.22. The van der Waals surface area contributed by atoms with E-state index in [1.165, 1.54) is 16.8 Å². The largest absolute Gasteiger partial charge is 0.332 e. The minimum absolute atomic E-state index is 0.410. The zero-order valence-electron chi connectivity index (χ0n) is 8.53. The molecule has 82 valence electrons. The number of aromatic amines is 1. The second kappa shape index (κ2) is 3.98. The molecule has 0 aliphatic rings. The van der Waals surface area contributed by atoms with Gasteiger partial charge < -0.3 is 0 Å². The summed E-state index contributed by atoms with van der Waals surface area (Å²) in [6.45, 7) is 1.85. The van der Waals surface area contributed by atoms with Gasteiger partial charge in [-0.2, -0.15) is 0 Å². The lowest BCUT2D eigenvalue weighted by atomic mass is 10.2. The van der Waals surface area contributed by atoms with Crippen molar-refractivity contribution in [3.63, 3.8) is 0 Å². The first kappa shape index (κ1) is 10.7. The fraction of sp³-hybridized carbons (Fsp3) is 0.0909. The van der Waals surface area contributed by atoms with Gasteiger partial charge in [-0.3, -0.25) is 14.3 Å². The van der Waals surface area contributed by atoms with Crippen LogP contribution in [0.2, 0.25) is 5.02 Å². The second-order valence-corrected chi connectivity index (χ2v) is 3.82. The molecule has 4 nitrogen and oxygen atoms in total. The molecule has 1 N–H and O–H groups in total. The van der Waals surface area contributed by atoms with E-state index in [-0.39, 0.29) is 0 Å². The van der Waals surface area contributed by atoms with Crippen LogP contribution in [0.5, 0.6) is 0 Å². The van der Waals surface area contributed by atoms with Crippen LogP contribution in [0.4, 0.5) is 0 Å². The van der Waals surface area contributed by atoms with Crippen LogP contribution in [0.1, 0.15) is 5.56 Å². The van der Waals surface area contributed by atoms with E-state index in [0.29, 0.717) is 10.7 Å². The molecule has 0 bridgehead atoms. The molecule has 1 heterocycles. The Morgan fingerprint density at radius 2 is 2.00 bits per heavy atom. The molecule has 5 heteroatoms. The number of aryl methyl sites for hydroxylation is 1. The highest BCUT2D eigenvalue weighted by atomic mass is 35.5. The van der Waals surface area contributed by atoms with E-state index in [4.69, 9.17) is 11.6 Å². The van der Waals surface area contributed by atoms with Gasteiger partial charge in [0.05, 0.1) is 5.69 Å². The lowest BCUT2D eigenvalue weighted by Crippen LogP contribution is -2.27. The summed E-state index contributed by atoms with van der Waals surface area (Å²) in [5.74, 6) is 0. The molecule has 0 aliphatic heterocycles. The van der Waals surface area contributed by atoms with Crippen molar-refractivity contribution in [2.75, 3.05) is 0 Å². The van der Waals surface area contributed by atoms with Gasteiger partial charge in [-0.05, 0) is 30.7 Å². The van der Waals surface area contributed by atoms with Gasteiger partial charge in [0.1, 0.15) is 0 Å². The quantitative estimate of drug-likeness (QED) is 0.816.